The number of nitro benzene ring substituents is 1. The first-order valence-corrected chi connectivity index (χ1v) is 8.70. The van der Waals surface area contributed by atoms with Crippen molar-refractivity contribution in [1.29, 1.82) is 0 Å². The van der Waals surface area contributed by atoms with Gasteiger partial charge in [-0.2, -0.15) is 5.10 Å². The van der Waals surface area contributed by atoms with E-state index in [1.807, 2.05) is 39.0 Å². The molecule has 0 spiro atoms. The first-order valence-electron chi connectivity index (χ1n) is 8.70. The average Bonchev–Trinajstić information content (AvgIpc) is 2.62. The van der Waals surface area contributed by atoms with Crippen LogP contribution in [-0.4, -0.2) is 23.7 Å². The summed E-state index contributed by atoms with van der Waals surface area (Å²) < 4.78 is 5.57. The van der Waals surface area contributed by atoms with Crippen molar-refractivity contribution in [1.82, 2.24) is 5.43 Å². The maximum Gasteiger partial charge on any atom is 0.270 e. The molecule has 2 aromatic rings. The van der Waals surface area contributed by atoms with E-state index < -0.39 is 4.92 Å². The van der Waals surface area contributed by atoms with Gasteiger partial charge in [0, 0.05) is 17.7 Å². The number of ether oxygens (including phenoxy) is 1. The van der Waals surface area contributed by atoms with E-state index >= 15 is 0 Å². The highest BCUT2D eigenvalue weighted by atomic mass is 16.6. The van der Waals surface area contributed by atoms with E-state index in [4.69, 9.17) is 4.74 Å². The van der Waals surface area contributed by atoms with Crippen LogP contribution in [0.3, 0.4) is 0 Å². The highest BCUT2D eigenvalue weighted by Crippen LogP contribution is 2.23. The van der Waals surface area contributed by atoms with Crippen molar-refractivity contribution in [2.45, 2.75) is 33.6 Å². The van der Waals surface area contributed by atoms with Crippen LogP contribution in [0.25, 0.3) is 0 Å². The summed E-state index contributed by atoms with van der Waals surface area (Å²) in [7, 11) is 0. The molecule has 1 N–H and O–H groups in total. The Morgan fingerprint density at radius 2 is 2.04 bits per heavy atom. The zero-order valence-electron chi connectivity index (χ0n) is 15.7. The van der Waals surface area contributed by atoms with Gasteiger partial charge in [-0.05, 0) is 37.5 Å². The maximum absolute atomic E-state index is 12.1. The summed E-state index contributed by atoms with van der Waals surface area (Å²) in [6, 6.07) is 10.2. The summed E-state index contributed by atoms with van der Waals surface area (Å²) in [5.41, 5.74) is 5.94. The molecule has 0 heterocycles. The molecule has 1 amide bonds. The minimum Gasteiger partial charge on any atom is -0.493 e. The number of non-ortho nitro benzene ring substituents is 1. The molecular weight excluding hydrogens is 346 g/mol. The number of nitrogens with zero attached hydrogens (tertiary/aromatic N) is 2. The molecule has 0 unspecified atom stereocenters. The minimum atomic E-state index is -0.486. The first kappa shape index (κ1) is 20.1. The van der Waals surface area contributed by atoms with E-state index in [0.717, 1.165) is 23.1 Å². The largest absolute Gasteiger partial charge is 0.493 e. The molecule has 27 heavy (non-hydrogen) atoms. The van der Waals surface area contributed by atoms with Gasteiger partial charge in [-0.3, -0.25) is 14.9 Å². The molecule has 0 fully saturated rings. The van der Waals surface area contributed by atoms with Gasteiger partial charge >= 0.3 is 0 Å². The molecule has 142 valence electrons. The fourth-order valence-electron chi connectivity index (χ4n) is 2.52. The third kappa shape index (κ3) is 5.91. The molecule has 0 aliphatic heterocycles. The molecule has 7 nitrogen and oxygen atoms in total. The molecule has 0 saturated carbocycles. The highest BCUT2D eigenvalue weighted by molar-refractivity contribution is 5.86. The molecule has 0 aliphatic rings. The SMILES string of the molecule is CCCOc1ccc([N+](=O)[O-])cc1/C=N/NC(=O)Cc1ccc(C)cc1C. The van der Waals surface area contributed by atoms with Crippen LogP contribution in [-0.2, 0) is 11.2 Å². The van der Waals surface area contributed by atoms with Crippen molar-refractivity contribution < 1.29 is 14.5 Å². The molecule has 0 bridgehead atoms. The number of amides is 1. The smallest absolute Gasteiger partial charge is 0.270 e. The predicted molar refractivity (Wildman–Crippen MR) is 104 cm³/mol. The van der Waals surface area contributed by atoms with Crippen molar-refractivity contribution >= 4 is 17.8 Å². The molecule has 7 heteroatoms. The Morgan fingerprint density at radius 3 is 2.70 bits per heavy atom. The van der Waals surface area contributed by atoms with Crippen molar-refractivity contribution in [2.24, 2.45) is 5.10 Å². The Balaban J connectivity index is 2.08. The Morgan fingerprint density at radius 1 is 1.26 bits per heavy atom. The number of rotatable bonds is 8. The second kappa shape index (κ2) is 9.47. The van der Waals surface area contributed by atoms with Crippen LogP contribution in [0, 0.1) is 24.0 Å². The van der Waals surface area contributed by atoms with Crippen LogP contribution in [0.2, 0.25) is 0 Å². The number of benzene rings is 2. The lowest BCUT2D eigenvalue weighted by molar-refractivity contribution is -0.384. The van der Waals surface area contributed by atoms with Crippen LogP contribution in [0.1, 0.15) is 35.6 Å². The van der Waals surface area contributed by atoms with Gasteiger partial charge in [0.1, 0.15) is 5.75 Å². The summed E-state index contributed by atoms with van der Waals surface area (Å²) in [4.78, 5) is 22.6. The quantitative estimate of drug-likeness (QED) is 0.436. The molecule has 2 aromatic carbocycles. The molecular formula is C20H23N3O4. The molecule has 0 saturated heterocycles. The van der Waals surface area contributed by atoms with E-state index in [2.05, 4.69) is 10.5 Å². The second-order valence-corrected chi connectivity index (χ2v) is 6.23. The number of hydrazone groups is 1. The number of carbonyl (C=O) groups excluding carboxylic acids is 1. The zero-order valence-corrected chi connectivity index (χ0v) is 15.7. The zero-order chi connectivity index (χ0) is 19.8. The van der Waals surface area contributed by atoms with E-state index in [-0.39, 0.29) is 18.0 Å². The minimum absolute atomic E-state index is 0.0677. The lowest BCUT2D eigenvalue weighted by Crippen LogP contribution is -2.20. The topological polar surface area (TPSA) is 93.8 Å². The third-order valence-corrected chi connectivity index (χ3v) is 3.91. The predicted octanol–water partition coefficient (Wildman–Crippen LogP) is 3.69. The maximum atomic E-state index is 12.1. The van der Waals surface area contributed by atoms with Gasteiger partial charge in [0.05, 0.1) is 24.2 Å². The van der Waals surface area contributed by atoms with Gasteiger partial charge in [-0.1, -0.05) is 30.7 Å². The van der Waals surface area contributed by atoms with E-state index in [1.165, 1.54) is 24.4 Å². The summed E-state index contributed by atoms with van der Waals surface area (Å²) >= 11 is 0. The molecule has 0 radical (unpaired) electrons. The van der Waals surface area contributed by atoms with Gasteiger partial charge in [0.2, 0.25) is 5.91 Å². The third-order valence-electron chi connectivity index (χ3n) is 3.91. The van der Waals surface area contributed by atoms with Crippen LogP contribution in [0.4, 0.5) is 5.69 Å². The summed E-state index contributed by atoms with van der Waals surface area (Å²) in [5.74, 6) is 0.217. The highest BCUT2D eigenvalue weighted by Gasteiger charge is 2.11. The molecule has 2 rings (SSSR count). The number of carbonyl (C=O) groups is 1. The van der Waals surface area contributed by atoms with Crippen LogP contribution >= 0.6 is 0 Å². The lowest BCUT2D eigenvalue weighted by Gasteiger charge is -2.08. The lowest BCUT2D eigenvalue weighted by atomic mass is 10.0. The van der Waals surface area contributed by atoms with Crippen LogP contribution in [0.5, 0.6) is 5.75 Å². The normalized spacial score (nSPS) is 10.8. The number of hydrogen-bond acceptors (Lipinski definition) is 5. The van der Waals surface area contributed by atoms with Gasteiger partial charge in [-0.15, -0.1) is 0 Å². The first-order chi connectivity index (χ1) is 12.9. The van der Waals surface area contributed by atoms with Crippen molar-refractivity contribution in [3.8, 4) is 5.75 Å². The molecule has 0 aliphatic carbocycles. The van der Waals surface area contributed by atoms with Crippen LogP contribution in [0.15, 0.2) is 41.5 Å². The van der Waals surface area contributed by atoms with Gasteiger partial charge in [0.15, 0.2) is 0 Å². The average molecular weight is 369 g/mol. The number of hydrogen-bond donors (Lipinski definition) is 1. The fraction of sp³-hybridized carbons (Fsp3) is 0.300. The standard InChI is InChI=1S/C20H23N3O4/c1-4-9-27-19-8-7-18(23(25)26)11-17(19)13-21-22-20(24)12-16-6-5-14(2)10-15(16)3/h5-8,10-11,13H,4,9,12H2,1-3H3,(H,22,24)/b21-13+. The van der Waals surface area contributed by atoms with Gasteiger partial charge < -0.3 is 4.74 Å². The Bertz CT molecular complexity index is 862. The number of nitrogens with one attached hydrogen (secondary N) is 1. The molecule has 0 atom stereocenters. The van der Waals surface area contributed by atoms with Crippen molar-refractivity contribution in [2.75, 3.05) is 6.61 Å². The second-order valence-electron chi connectivity index (χ2n) is 6.23. The fourth-order valence-corrected chi connectivity index (χ4v) is 2.52. The van der Waals surface area contributed by atoms with E-state index in [9.17, 15) is 14.9 Å². The number of nitro groups is 1. The van der Waals surface area contributed by atoms with Crippen molar-refractivity contribution in [3.05, 3.63) is 68.8 Å². The van der Waals surface area contributed by atoms with Gasteiger partial charge in [0.25, 0.3) is 5.69 Å². The Hall–Kier alpha value is -3.22. The van der Waals surface area contributed by atoms with E-state index in [1.54, 1.807) is 0 Å². The number of aryl methyl sites for hydroxylation is 2. The summed E-state index contributed by atoms with van der Waals surface area (Å²) in [6.45, 7) is 6.40. The Kier molecular flexibility index (Phi) is 7.05. The monoisotopic (exact) mass is 369 g/mol. The summed E-state index contributed by atoms with van der Waals surface area (Å²) in [6.07, 6.45) is 2.37. The van der Waals surface area contributed by atoms with Crippen molar-refractivity contribution in [3.63, 3.8) is 0 Å². The van der Waals surface area contributed by atoms with Gasteiger partial charge in [-0.25, -0.2) is 5.43 Å². The Labute approximate surface area is 158 Å². The molecule has 0 aromatic heterocycles. The van der Waals surface area contributed by atoms with E-state index in [0.29, 0.717) is 17.9 Å². The van der Waals surface area contributed by atoms with Crippen LogP contribution < -0.4 is 10.2 Å². The summed E-state index contributed by atoms with van der Waals surface area (Å²) in [5, 5.41) is 14.9.